The topological polar surface area (TPSA) is 203 Å². The Morgan fingerprint density at radius 3 is 2.24 bits per heavy atom. The van der Waals surface area contributed by atoms with Crippen molar-refractivity contribution in [1.29, 1.82) is 0 Å². The van der Waals surface area contributed by atoms with Crippen molar-refractivity contribution in [2.75, 3.05) is 34.1 Å². The molecule has 42 heavy (non-hydrogen) atoms. The van der Waals surface area contributed by atoms with Crippen LogP contribution in [0.3, 0.4) is 0 Å². The minimum atomic E-state index is -1.74. The van der Waals surface area contributed by atoms with E-state index in [9.17, 15) is 35.1 Å². The molecule has 0 aromatic heterocycles. The normalized spacial score (nSPS) is 22.0. The van der Waals surface area contributed by atoms with Crippen LogP contribution in [0.25, 0.3) is 0 Å². The van der Waals surface area contributed by atoms with Crippen molar-refractivity contribution in [1.82, 2.24) is 5.32 Å². The number of nitrogens with one attached hydrogen (secondary N) is 1. The number of aromatic hydroxyl groups is 1. The first kappa shape index (κ1) is 32.7. The van der Waals surface area contributed by atoms with Crippen LogP contribution in [0.1, 0.15) is 41.0 Å². The van der Waals surface area contributed by atoms with Gasteiger partial charge in [-0.25, -0.2) is 9.59 Å². The van der Waals surface area contributed by atoms with Gasteiger partial charge < -0.3 is 54.0 Å². The molecule has 0 aliphatic carbocycles. The summed E-state index contributed by atoms with van der Waals surface area (Å²) in [7, 11) is 2.59. The number of esters is 1. The number of benzene rings is 2. The fraction of sp³-hybridized carbons (Fsp3) is 0.500. The van der Waals surface area contributed by atoms with E-state index in [2.05, 4.69) is 19.2 Å². The molecular formula is C28H37NO13. The van der Waals surface area contributed by atoms with Crippen molar-refractivity contribution in [2.24, 2.45) is 5.92 Å². The molecule has 1 aliphatic heterocycles. The number of carboxylic acid groups (broad SMARTS) is 1. The molecule has 1 saturated heterocycles. The van der Waals surface area contributed by atoms with Gasteiger partial charge in [0.1, 0.15) is 37.8 Å². The standard InChI is InChI=1S/C28H37NO13/c1-14(2)7-8-29-13-40-20-11-16(10-19(38-4)22(20)30)27(36)39-12-21-23(31)24(32)25(33)28(42-21)41-17-6-5-15(26(34)35)9-18(17)37-3/h5-6,9-11,14,21,23-25,28-33H,7-8,12-13H2,1-4H3,(H,34,35)/t21-,23-,24+,25-,28-/m1/s1. The van der Waals surface area contributed by atoms with Gasteiger partial charge in [0.05, 0.1) is 25.3 Å². The van der Waals surface area contributed by atoms with E-state index >= 15 is 0 Å². The van der Waals surface area contributed by atoms with Crippen molar-refractivity contribution in [3.05, 3.63) is 41.5 Å². The number of carbonyl (C=O) groups is 2. The van der Waals surface area contributed by atoms with Crippen LogP contribution < -0.4 is 24.3 Å². The summed E-state index contributed by atoms with van der Waals surface area (Å²) in [5.74, 6) is -1.95. The third kappa shape index (κ3) is 8.14. The average molecular weight is 596 g/mol. The minimum Gasteiger partial charge on any atom is -0.502 e. The van der Waals surface area contributed by atoms with Gasteiger partial charge in [0, 0.05) is 0 Å². The number of hydrogen-bond acceptors (Lipinski definition) is 13. The predicted molar refractivity (Wildman–Crippen MR) is 145 cm³/mol. The molecule has 0 radical (unpaired) electrons. The number of rotatable bonds is 14. The second-order valence-electron chi connectivity index (χ2n) is 9.90. The Balaban J connectivity index is 1.69. The van der Waals surface area contributed by atoms with E-state index in [4.69, 9.17) is 28.4 Å². The van der Waals surface area contributed by atoms with Crippen LogP contribution in [0.4, 0.5) is 0 Å². The van der Waals surface area contributed by atoms with E-state index in [0.717, 1.165) is 6.42 Å². The molecule has 5 atom stereocenters. The van der Waals surface area contributed by atoms with E-state index in [1.54, 1.807) is 0 Å². The number of phenolic OH excluding ortho intramolecular Hbond substituents is 1. The van der Waals surface area contributed by atoms with Crippen molar-refractivity contribution >= 4 is 11.9 Å². The maximum Gasteiger partial charge on any atom is 0.338 e. The molecule has 1 heterocycles. The van der Waals surface area contributed by atoms with Crippen molar-refractivity contribution < 1.29 is 63.5 Å². The lowest BCUT2D eigenvalue weighted by Gasteiger charge is -2.40. The zero-order valence-electron chi connectivity index (χ0n) is 23.7. The van der Waals surface area contributed by atoms with Gasteiger partial charge in [-0.05, 0) is 49.2 Å². The first-order valence-electron chi connectivity index (χ1n) is 13.2. The minimum absolute atomic E-state index is 0.00621. The molecule has 0 saturated carbocycles. The zero-order valence-corrected chi connectivity index (χ0v) is 23.7. The number of carboxylic acids is 1. The second kappa shape index (κ2) is 14.9. The Labute approximate surface area is 242 Å². The summed E-state index contributed by atoms with van der Waals surface area (Å²) in [5.41, 5.74) is -0.116. The van der Waals surface area contributed by atoms with Crippen LogP contribution in [-0.2, 0) is 9.47 Å². The lowest BCUT2D eigenvalue weighted by molar-refractivity contribution is -0.277. The number of hydrogen-bond donors (Lipinski definition) is 6. The highest BCUT2D eigenvalue weighted by Gasteiger charge is 2.45. The highest BCUT2D eigenvalue weighted by Crippen LogP contribution is 2.38. The van der Waals surface area contributed by atoms with Crippen LogP contribution in [0.2, 0.25) is 0 Å². The Morgan fingerprint density at radius 1 is 0.929 bits per heavy atom. The number of aromatic carboxylic acids is 1. The molecule has 2 aromatic rings. The maximum atomic E-state index is 12.9. The molecule has 0 amide bonds. The van der Waals surface area contributed by atoms with Gasteiger partial charge in [0.25, 0.3) is 0 Å². The maximum absolute atomic E-state index is 12.9. The summed E-state index contributed by atoms with van der Waals surface area (Å²) in [6.07, 6.45) is -7.08. The quantitative estimate of drug-likeness (QED) is 0.103. The lowest BCUT2D eigenvalue weighted by Crippen LogP contribution is -2.60. The Bertz CT molecular complexity index is 1220. The summed E-state index contributed by atoms with van der Waals surface area (Å²) < 4.78 is 32.4. The van der Waals surface area contributed by atoms with E-state index in [0.29, 0.717) is 12.5 Å². The second-order valence-corrected chi connectivity index (χ2v) is 9.90. The average Bonchev–Trinajstić information content (AvgIpc) is 2.96. The molecule has 232 valence electrons. The van der Waals surface area contributed by atoms with Gasteiger partial charge in [-0.2, -0.15) is 0 Å². The zero-order chi connectivity index (χ0) is 31.0. The van der Waals surface area contributed by atoms with Crippen molar-refractivity contribution in [3.8, 4) is 28.7 Å². The van der Waals surface area contributed by atoms with Gasteiger partial charge in [-0.1, -0.05) is 13.8 Å². The van der Waals surface area contributed by atoms with Gasteiger partial charge in [-0.3, -0.25) is 5.32 Å². The number of aliphatic hydroxyl groups excluding tert-OH is 3. The number of ether oxygens (including phenoxy) is 6. The summed E-state index contributed by atoms with van der Waals surface area (Å²) in [6.45, 7) is 4.36. The Kier molecular flexibility index (Phi) is 11.6. The lowest BCUT2D eigenvalue weighted by atomic mass is 9.99. The number of methoxy groups -OCH3 is 2. The van der Waals surface area contributed by atoms with Crippen LogP contribution in [0.5, 0.6) is 28.7 Å². The number of aliphatic hydroxyl groups is 3. The van der Waals surface area contributed by atoms with Crippen molar-refractivity contribution in [3.63, 3.8) is 0 Å². The highest BCUT2D eigenvalue weighted by atomic mass is 16.7. The third-order valence-electron chi connectivity index (χ3n) is 6.42. The molecule has 1 fully saturated rings. The molecule has 3 rings (SSSR count). The van der Waals surface area contributed by atoms with Crippen LogP contribution in [-0.4, -0.2) is 102 Å². The summed E-state index contributed by atoms with van der Waals surface area (Å²) in [6, 6.07) is 6.23. The first-order chi connectivity index (χ1) is 20.0. The summed E-state index contributed by atoms with van der Waals surface area (Å²) >= 11 is 0. The fourth-order valence-electron chi connectivity index (χ4n) is 3.97. The monoisotopic (exact) mass is 595 g/mol. The van der Waals surface area contributed by atoms with Crippen molar-refractivity contribution in [2.45, 2.75) is 51.0 Å². The highest BCUT2D eigenvalue weighted by molar-refractivity contribution is 5.91. The van der Waals surface area contributed by atoms with Crippen LogP contribution in [0, 0.1) is 5.92 Å². The van der Waals surface area contributed by atoms with Gasteiger partial charge in [0.15, 0.2) is 23.0 Å². The first-order valence-corrected chi connectivity index (χ1v) is 13.2. The van der Waals surface area contributed by atoms with Crippen LogP contribution >= 0.6 is 0 Å². The molecule has 6 N–H and O–H groups in total. The van der Waals surface area contributed by atoms with Gasteiger partial charge in [-0.15, -0.1) is 0 Å². The molecule has 0 spiro atoms. The number of carbonyl (C=O) groups excluding carboxylic acids is 1. The molecule has 14 nitrogen and oxygen atoms in total. The summed E-state index contributed by atoms with van der Waals surface area (Å²) in [5, 5.41) is 54.0. The predicted octanol–water partition coefficient (Wildman–Crippen LogP) is 1.12. The SMILES string of the molecule is COc1cc(C(=O)O)ccc1O[C@@H]1O[C@H](COC(=O)c2cc(OC)c(O)c(OCNCCC(C)C)c2)[C@@H](O)[C@H](O)[C@H]1O. The third-order valence-corrected chi connectivity index (χ3v) is 6.42. The van der Waals surface area contributed by atoms with E-state index in [-0.39, 0.29) is 46.6 Å². The van der Waals surface area contributed by atoms with E-state index in [1.165, 1.54) is 44.6 Å². The summed E-state index contributed by atoms with van der Waals surface area (Å²) in [4.78, 5) is 24.1. The fourth-order valence-corrected chi connectivity index (χ4v) is 3.97. The number of phenols is 1. The molecule has 0 bridgehead atoms. The van der Waals surface area contributed by atoms with E-state index < -0.39 is 49.3 Å². The molecule has 1 aliphatic rings. The van der Waals surface area contributed by atoms with E-state index in [1.807, 2.05) is 0 Å². The smallest absolute Gasteiger partial charge is 0.338 e. The van der Waals surface area contributed by atoms with Gasteiger partial charge in [0.2, 0.25) is 12.0 Å². The molecule has 0 unspecified atom stereocenters. The molecular weight excluding hydrogens is 558 g/mol. The molecule has 14 heteroatoms. The van der Waals surface area contributed by atoms with Crippen LogP contribution in [0.15, 0.2) is 30.3 Å². The Hall–Kier alpha value is -3.82. The largest absolute Gasteiger partial charge is 0.502 e. The Morgan fingerprint density at radius 2 is 1.60 bits per heavy atom. The molecule has 2 aromatic carbocycles. The van der Waals surface area contributed by atoms with Gasteiger partial charge >= 0.3 is 11.9 Å².